The van der Waals surface area contributed by atoms with E-state index in [2.05, 4.69) is 11.3 Å². The highest BCUT2D eigenvalue weighted by molar-refractivity contribution is 5.87. The van der Waals surface area contributed by atoms with Gasteiger partial charge in [-0.25, -0.2) is 4.79 Å². The molecular weight excluding hydrogens is 166 g/mol. The summed E-state index contributed by atoms with van der Waals surface area (Å²) in [5, 5.41) is 0. The third-order valence-corrected chi connectivity index (χ3v) is 1.36. The first-order valence-corrected chi connectivity index (χ1v) is 4.05. The molecule has 0 radical (unpaired) electrons. The zero-order valence-electron chi connectivity index (χ0n) is 8.04. The third kappa shape index (κ3) is 4.85. The molecule has 72 valence electrons. The van der Waals surface area contributed by atoms with Crippen LogP contribution in [0.2, 0.25) is 0 Å². The summed E-state index contributed by atoms with van der Waals surface area (Å²) in [5.41, 5.74) is 6.45. The zero-order chi connectivity index (χ0) is 10.3. The molecule has 0 aliphatic carbocycles. The average Bonchev–Trinajstić information content (AvgIpc) is 2.13. The molecule has 0 atom stereocenters. The molecule has 0 aromatic heterocycles. The van der Waals surface area contributed by atoms with Crippen molar-refractivity contribution in [2.75, 3.05) is 6.61 Å². The molecule has 3 heteroatoms. The van der Waals surface area contributed by atoms with E-state index in [1.807, 2.05) is 6.92 Å². The lowest BCUT2D eigenvalue weighted by Crippen LogP contribution is -2.14. The van der Waals surface area contributed by atoms with Gasteiger partial charge in [-0.15, -0.1) is 0 Å². The molecule has 0 rings (SSSR count). The summed E-state index contributed by atoms with van der Waals surface area (Å²) in [6.07, 6.45) is 4.89. The van der Waals surface area contributed by atoms with Crippen LogP contribution in [0, 0.1) is 0 Å². The van der Waals surface area contributed by atoms with E-state index in [1.165, 1.54) is 6.08 Å². The van der Waals surface area contributed by atoms with Crippen molar-refractivity contribution in [2.24, 2.45) is 5.73 Å². The lowest BCUT2D eigenvalue weighted by Gasteiger charge is -1.99. The molecule has 0 amide bonds. The smallest absolute Gasteiger partial charge is 0.354 e. The monoisotopic (exact) mass is 181 g/mol. The molecule has 3 nitrogen and oxygen atoms in total. The molecule has 0 aliphatic heterocycles. The van der Waals surface area contributed by atoms with E-state index < -0.39 is 5.97 Å². The van der Waals surface area contributed by atoms with Crippen molar-refractivity contribution < 1.29 is 9.53 Å². The summed E-state index contributed by atoms with van der Waals surface area (Å²) in [4.78, 5) is 11.0. The quantitative estimate of drug-likeness (QED) is 0.406. The molecule has 0 spiro atoms. The Bertz CT molecular complexity index is 252. The summed E-state index contributed by atoms with van der Waals surface area (Å²) >= 11 is 0. The van der Waals surface area contributed by atoms with Gasteiger partial charge in [0.25, 0.3) is 0 Å². The molecular formula is C10H15NO2. The predicted molar refractivity (Wildman–Crippen MR) is 52.9 cm³/mol. The van der Waals surface area contributed by atoms with Gasteiger partial charge in [0.05, 0.1) is 6.61 Å². The number of hydrogen-bond acceptors (Lipinski definition) is 3. The highest BCUT2D eigenvalue weighted by Crippen LogP contribution is 1.96. The second kappa shape index (κ2) is 6.06. The maximum absolute atomic E-state index is 11.0. The molecule has 0 heterocycles. The number of rotatable bonds is 4. The van der Waals surface area contributed by atoms with Crippen LogP contribution in [0.3, 0.4) is 0 Å². The first kappa shape index (κ1) is 11.5. The third-order valence-electron chi connectivity index (χ3n) is 1.36. The summed E-state index contributed by atoms with van der Waals surface area (Å²) in [6.45, 7) is 7.49. The average molecular weight is 181 g/mol. The highest BCUT2D eigenvalue weighted by atomic mass is 16.5. The molecule has 0 saturated heterocycles. The van der Waals surface area contributed by atoms with E-state index in [0.717, 1.165) is 5.57 Å². The second-order valence-electron chi connectivity index (χ2n) is 2.46. The van der Waals surface area contributed by atoms with Gasteiger partial charge in [-0.1, -0.05) is 24.3 Å². The van der Waals surface area contributed by atoms with Gasteiger partial charge in [0.2, 0.25) is 0 Å². The Morgan fingerprint density at radius 3 is 2.62 bits per heavy atom. The van der Waals surface area contributed by atoms with E-state index in [0.29, 0.717) is 6.61 Å². The maximum atomic E-state index is 11.0. The predicted octanol–water partition coefficient (Wildman–Crippen LogP) is 1.52. The van der Waals surface area contributed by atoms with Crippen LogP contribution in [0.4, 0.5) is 0 Å². The van der Waals surface area contributed by atoms with Crippen LogP contribution in [0.15, 0.2) is 36.1 Å². The normalized spacial score (nSPS) is 12.5. The second-order valence-corrected chi connectivity index (χ2v) is 2.46. The number of carbonyl (C=O) groups excluding carboxylic acids is 1. The van der Waals surface area contributed by atoms with Crippen LogP contribution >= 0.6 is 0 Å². The van der Waals surface area contributed by atoms with E-state index in [-0.39, 0.29) is 5.70 Å². The highest BCUT2D eigenvalue weighted by Gasteiger charge is 2.02. The number of allylic oxidation sites excluding steroid dienone is 4. The van der Waals surface area contributed by atoms with Gasteiger partial charge in [-0.2, -0.15) is 0 Å². The standard InChI is InChI=1S/C10H15NO2/c1-4-8(3)6-7-9(11)10(12)13-5-2/h4,6-7H,1,5,11H2,2-3H3/b8-6-,9-7-. The number of carbonyl (C=O) groups is 1. The summed E-state index contributed by atoms with van der Waals surface area (Å²) in [6, 6.07) is 0. The van der Waals surface area contributed by atoms with Crippen molar-refractivity contribution in [1.82, 2.24) is 0 Å². The SMILES string of the molecule is C=C/C(C)=C\C=C(/N)C(=O)OCC. The molecule has 0 saturated carbocycles. The van der Waals surface area contributed by atoms with E-state index in [1.54, 1.807) is 19.1 Å². The molecule has 0 unspecified atom stereocenters. The summed E-state index contributed by atoms with van der Waals surface area (Å²) in [7, 11) is 0. The van der Waals surface area contributed by atoms with Crippen LogP contribution in [-0.2, 0) is 9.53 Å². The zero-order valence-corrected chi connectivity index (χ0v) is 8.04. The van der Waals surface area contributed by atoms with Crippen LogP contribution in [-0.4, -0.2) is 12.6 Å². The minimum atomic E-state index is -0.490. The van der Waals surface area contributed by atoms with E-state index >= 15 is 0 Å². The first-order valence-electron chi connectivity index (χ1n) is 4.05. The molecule has 0 aliphatic rings. The van der Waals surface area contributed by atoms with Crippen molar-refractivity contribution in [3.63, 3.8) is 0 Å². The largest absolute Gasteiger partial charge is 0.461 e. The van der Waals surface area contributed by atoms with Crippen molar-refractivity contribution in [3.8, 4) is 0 Å². The van der Waals surface area contributed by atoms with Gasteiger partial charge in [-0.05, 0) is 19.9 Å². The van der Waals surface area contributed by atoms with E-state index in [9.17, 15) is 4.79 Å². The van der Waals surface area contributed by atoms with Crippen LogP contribution in [0.1, 0.15) is 13.8 Å². The minimum Gasteiger partial charge on any atom is -0.461 e. The van der Waals surface area contributed by atoms with Gasteiger partial charge >= 0.3 is 5.97 Å². The van der Waals surface area contributed by atoms with Crippen LogP contribution < -0.4 is 5.73 Å². The topological polar surface area (TPSA) is 52.3 Å². The molecule has 0 bridgehead atoms. The van der Waals surface area contributed by atoms with Gasteiger partial charge in [-0.3, -0.25) is 0 Å². The van der Waals surface area contributed by atoms with Crippen molar-refractivity contribution in [2.45, 2.75) is 13.8 Å². The molecule has 13 heavy (non-hydrogen) atoms. The van der Waals surface area contributed by atoms with E-state index in [4.69, 9.17) is 5.73 Å². The van der Waals surface area contributed by atoms with Gasteiger partial charge in [0.1, 0.15) is 5.70 Å². The van der Waals surface area contributed by atoms with Crippen molar-refractivity contribution in [3.05, 3.63) is 36.1 Å². The lowest BCUT2D eigenvalue weighted by atomic mass is 10.2. The number of hydrogen-bond donors (Lipinski definition) is 1. The first-order chi connectivity index (χ1) is 6.11. The maximum Gasteiger partial charge on any atom is 0.354 e. The molecule has 2 N–H and O–H groups in total. The summed E-state index contributed by atoms with van der Waals surface area (Å²) in [5.74, 6) is -0.490. The van der Waals surface area contributed by atoms with Crippen molar-refractivity contribution in [1.29, 1.82) is 0 Å². The van der Waals surface area contributed by atoms with Gasteiger partial charge in [0, 0.05) is 0 Å². The van der Waals surface area contributed by atoms with Gasteiger partial charge in [0.15, 0.2) is 0 Å². The van der Waals surface area contributed by atoms with Crippen LogP contribution in [0.25, 0.3) is 0 Å². The van der Waals surface area contributed by atoms with Gasteiger partial charge < -0.3 is 10.5 Å². The summed E-state index contributed by atoms with van der Waals surface area (Å²) < 4.78 is 4.68. The fourth-order valence-corrected chi connectivity index (χ4v) is 0.572. The Hall–Kier alpha value is -1.51. The van der Waals surface area contributed by atoms with Crippen molar-refractivity contribution >= 4 is 5.97 Å². The molecule has 0 aromatic rings. The Morgan fingerprint density at radius 1 is 1.54 bits per heavy atom. The molecule has 0 fully saturated rings. The molecule has 0 aromatic carbocycles. The minimum absolute atomic E-state index is 0.100. The number of nitrogens with two attached hydrogens (primary N) is 1. The van der Waals surface area contributed by atoms with Crippen LogP contribution in [0.5, 0.6) is 0 Å². The number of esters is 1. The Labute approximate surface area is 78.6 Å². The Morgan fingerprint density at radius 2 is 2.15 bits per heavy atom. The Balaban J connectivity index is 4.32. The fraction of sp³-hybridized carbons (Fsp3) is 0.300. The fourth-order valence-electron chi connectivity index (χ4n) is 0.572. The lowest BCUT2D eigenvalue weighted by molar-refractivity contribution is -0.138. The number of ether oxygens (including phenoxy) is 1. The Kier molecular flexibility index (Phi) is 5.35.